The van der Waals surface area contributed by atoms with Gasteiger partial charge in [0, 0.05) is 30.3 Å². The third-order valence-electron chi connectivity index (χ3n) is 4.25. The maximum absolute atomic E-state index is 12.4. The van der Waals surface area contributed by atoms with Crippen LogP contribution in [-0.2, 0) is 9.59 Å². The summed E-state index contributed by atoms with van der Waals surface area (Å²) < 4.78 is 11.2. The van der Waals surface area contributed by atoms with Gasteiger partial charge in [-0.1, -0.05) is 29.3 Å². The first-order valence-electron chi connectivity index (χ1n) is 8.92. The second-order valence-corrected chi connectivity index (χ2v) is 7.39. The fourth-order valence-corrected chi connectivity index (χ4v) is 3.26. The van der Waals surface area contributed by atoms with E-state index in [-0.39, 0.29) is 29.2 Å². The molecular weight excluding hydrogens is 415 g/mol. The third-order valence-corrected chi connectivity index (χ3v) is 4.76. The van der Waals surface area contributed by atoms with Gasteiger partial charge in [-0.3, -0.25) is 9.59 Å². The maximum Gasteiger partial charge on any atom is 0.259 e. The molecule has 8 heteroatoms. The van der Waals surface area contributed by atoms with Gasteiger partial charge in [-0.25, -0.2) is 0 Å². The minimum Gasteiger partial charge on any atom is -0.490 e. The topological polar surface area (TPSA) is 67.9 Å². The number of halogens is 2. The van der Waals surface area contributed by atoms with E-state index < -0.39 is 0 Å². The molecule has 2 amide bonds. The first-order chi connectivity index (χ1) is 13.8. The highest BCUT2D eigenvalue weighted by atomic mass is 35.5. The number of nitrogens with zero attached hydrogens (tertiary/aromatic N) is 1. The predicted molar refractivity (Wildman–Crippen MR) is 115 cm³/mol. The molecule has 2 aromatic carbocycles. The monoisotopic (exact) mass is 434 g/mol. The summed E-state index contributed by atoms with van der Waals surface area (Å²) in [6, 6.07) is 8.60. The summed E-state index contributed by atoms with van der Waals surface area (Å²) in [6.45, 7) is 2.05. The highest BCUT2D eigenvalue weighted by Crippen LogP contribution is 2.39. The van der Waals surface area contributed by atoms with Crippen molar-refractivity contribution in [2.75, 3.05) is 32.6 Å². The molecule has 1 aliphatic heterocycles. The number of ether oxygens (including phenoxy) is 2. The van der Waals surface area contributed by atoms with Gasteiger partial charge < -0.3 is 19.7 Å². The number of carbonyl (C=O) groups is 2. The van der Waals surface area contributed by atoms with E-state index in [4.69, 9.17) is 32.7 Å². The third kappa shape index (κ3) is 4.66. The summed E-state index contributed by atoms with van der Waals surface area (Å²) in [6.07, 6.45) is 1.72. The quantitative estimate of drug-likeness (QED) is 0.686. The number of benzene rings is 2. The van der Waals surface area contributed by atoms with Crippen LogP contribution in [0.25, 0.3) is 11.6 Å². The zero-order chi connectivity index (χ0) is 21.1. The largest absolute Gasteiger partial charge is 0.490 e. The van der Waals surface area contributed by atoms with Crippen LogP contribution in [0.15, 0.2) is 30.3 Å². The molecule has 1 heterocycles. The van der Waals surface area contributed by atoms with Gasteiger partial charge in [0.1, 0.15) is 0 Å². The summed E-state index contributed by atoms with van der Waals surface area (Å²) in [4.78, 5) is 25.6. The Labute approximate surface area is 179 Å². The van der Waals surface area contributed by atoms with Gasteiger partial charge in [-0.05, 0) is 42.8 Å². The lowest BCUT2D eigenvalue weighted by Crippen LogP contribution is -2.27. The molecule has 2 aromatic rings. The lowest BCUT2D eigenvalue weighted by molar-refractivity contribution is -0.130. The summed E-state index contributed by atoms with van der Waals surface area (Å²) in [5.74, 6) is 0.253. The molecule has 152 valence electrons. The molecule has 0 unspecified atom stereocenters. The standard InChI is InChI=1S/C21H20Cl2N2O4/c1-4-28-18-9-12(8-16(23)20(18)29-11-19(26)25(2)3)7-15-14-6-5-13(22)10-17(14)24-21(15)27/h5-10H,4,11H2,1-3H3,(H,24,27). The zero-order valence-corrected chi connectivity index (χ0v) is 17.7. The van der Waals surface area contributed by atoms with Gasteiger partial charge in [0.25, 0.3) is 11.8 Å². The van der Waals surface area contributed by atoms with E-state index in [9.17, 15) is 9.59 Å². The normalized spacial score (nSPS) is 13.8. The SMILES string of the molecule is CCOc1cc(C=C2C(=O)Nc3cc(Cl)ccc32)cc(Cl)c1OCC(=O)N(C)C. The number of nitrogens with one attached hydrogen (secondary N) is 1. The van der Waals surface area contributed by atoms with Gasteiger partial charge in [0.05, 0.1) is 17.3 Å². The van der Waals surface area contributed by atoms with E-state index >= 15 is 0 Å². The molecule has 3 rings (SSSR count). The summed E-state index contributed by atoms with van der Waals surface area (Å²) >= 11 is 12.4. The predicted octanol–water partition coefficient (Wildman–Crippen LogP) is 4.35. The average molecular weight is 435 g/mol. The lowest BCUT2D eigenvalue weighted by atomic mass is 10.0. The number of hydrogen-bond acceptors (Lipinski definition) is 4. The maximum atomic E-state index is 12.4. The molecule has 0 radical (unpaired) electrons. The van der Waals surface area contributed by atoms with Gasteiger partial charge in [-0.2, -0.15) is 0 Å². The van der Waals surface area contributed by atoms with Crippen LogP contribution in [-0.4, -0.2) is 44.0 Å². The van der Waals surface area contributed by atoms with Crippen LogP contribution in [0.4, 0.5) is 5.69 Å². The van der Waals surface area contributed by atoms with Crippen LogP contribution in [0.2, 0.25) is 10.0 Å². The van der Waals surface area contributed by atoms with Crippen LogP contribution in [0.5, 0.6) is 11.5 Å². The van der Waals surface area contributed by atoms with Crippen molar-refractivity contribution in [1.82, 2.24) is 4.90 Å². The molecular formula is C21H20Cl2N2O4. The van der Waals surface area contributed by atoms with Crippen molar-refractivity contribution in [1.29, 1.82) is 0 Å². The van der Waals surface area contributed by atoms with Gasteiger partial charge in [0.15, 0.2) is 18.1 Å². The Balaban J connectivity index is 1.96. The average Bonchev–Trinajstić information content (AvgIpc) is 2.95. The highest BCUT2D eigenvalue weighted by Gasteiger charge is 2.24. The Bertz CT molecular complexity index is 1000. The Morgan fingerprint density at radius 2 is 1.93 bits per heavy atom. The molecule has 0 aliphatic carbocycles. The van der Waals surface area contributed by atoms with Crippen molar-refractivity contribution in [2.45, 2.75) is 6.92 Å². The van der Waals surface area contributed by atoms with Crippen molar-refractivity contribution in [3.63, 3.8) is 0 Å². The Hall–Kier alpha value is -2.70. The summed E-state index contributed by atoms with van der Waals surface area (Å²) in [5.41, 5.74) is 2.57. The number of rotatable bonds is 6. The molecule has 29 heavy (non-hydrogen) atoms. The zero-order valence-electron chi connectivity index (χ0n) is 16.2. The van der Waals surface area contributed by atoms with Crippen molar-refractivity contribution in [2.24, 2.45) is 0 Å². The molecule has 0 atom stereocenters. The molecule has 1 N–H and O–H groups in total. The molecule has 0 spiro atoms. The molecule has 1 aliphatic rings. The van der Waals surface area contributed by atoms with E-state index in [0.29, 0.717) is 34.2 Å². The minimum absolute atomic E-state index is 0.163. The summed E-state index contributed by atoms with van der Waals surface area (Å²) in [5, 5.41) is 3.62. The minimum atomic E-state index is -0.228. The molecule has 6 nitrogen and oxygen atoms in total. The van der Waals surface area contributed by atoms with E-state index in [2.05, 4.69) is 5.32 Å². The van der Waals surface area contributed by atoms with E-state index in [1.807, 2.05) is 6.92 Å². The van der Waals surface area contributed by atoms with Crippen LogP contribution < -0.4 is 14.8 Å². The van der Waals surface area contributed by atoms with Gasteiger partial charge in [-0.15, -0.1) is 0 Å². The highest BCUT2D eigenvalue weighted by molar-refractivity contribution is 6.37. The smallest absolute Gasteiger partial charge is 0.259 e. The van der Waals surface area contributed by atoms with Crippen LogP contribution >= 0.6 is 23.2 Å². The number of hydrogen-bond donors (Lipinski definition) is 1. The molecule has 0 aromatic heterocycles. The van der Waals surface area contributed by atoms with Crippen molar-refractivity contribution in [3.05, 3.63) is 51.5 Å². The number of anilines is 1. The number of fused-ring (bicyclic) bond motifs is 1. The fraction of sp³-hybridized carbons (Fsp3) is 0.238. The first kappa shape index (κ1) is 21.0. The van der Waals surface area contributed by atoms with Crippen LogP contribution in [0.1, 0.15) is 18.1 Å². The van der Waals surface area contributed by atoms with Crippen LogP contribution in [0.3, 0.4) is 0 Å². The summed E-state index contributed by atoms with van der Waals surface area (Å²) in [7, 11) is 3.29. The van der Waals surface area contributed by atoms with Crippen molar-refractivity contribution in [3.8, 4) is 11.5 Å². The second kappa shape index (κ2) is 8.76. The van der Waals surface area contributed by atoms with Crippen molar-refractivity contribution < 1.29 is 19.1 Å². The molecule has 0 bridgehead atoms. The van der Waals surface area contributed by atoms with E-state index in [0.717, 1.165) is 5.56 Å². The second-order valence-electron chi connectivity index (χ2n) is 6.54. The van der Waals surface area contributed by atoms with Gasteiger partial charge >= 0.3 is 0 Å². The van der Waals surface area contributed by atoms with Crippen molar-refractivity contribution >= 4 is 52.4 Å². The number of likely N-dealkylation sites (N-methyl/N-ethyl adjacent to an activating group) is 1. The molecule has 0 saturated heterocycles. The van der Waals surface area contributed by atoms with Gasteiger partial charge in [0.2, 0.25) is 0 Å². The first-order valence-corrected chi connectivity index (χ1v) is 9.68. The lowest BCUT2D eigenvalue weighted by Gasteiger charge is -2.16. The molecule has 0 fully saturated rings. The van der Waals surface area contributed by atoms with E-state index in [1.165, 1.54) is 4.90 Å². The van der Waals surface area contributed by atoms with E-state index in [1.54, 1.807) is 50.5 Å². The number of amides is 2. The number of carbonyl (C=O) groups excluding carboxylic acids is 2. The Morgan fingerprint density at radius 3 is 2.62 bits per heavy atom. The fourth-order valence-electron chi connectivity index (χ4n) is 2.81. The Kier molecular flexibility index (Phi) is 6.35. The van der Waals surface area contributed by atoms with Crippen LogP contribution in [0, 0.1) is 0 Å². The Morgan fingerprint density at radius 1 is 1.17 bits per heavy atom. The molecule has 0 saturated carbocycles.